The molecule has 2 N–H and O–H groups in total. The standard InChI is InChI=1S/C34H40F2N4O7.ClH/c1-4-47-31(41)25-8-6-5-7-24(25)20-9-12-23(13-10-20)39-16-15-22(18-39)37-33(43)40-30(21-11-14-26(35)27(36)17-21)29(32(42)46-3)28(19-45-2)38-34(40)44;/h5-8,11,14,17,20,22-23,30H,4,9-10,12-13,15-16,18-19H2,1-3H3,(H,37,43)(H,38,44);1H/t20-,22-,23+,30+;/m1./s1. The Labute approximate surface area is 284 Å². The van der Waals surface area contributed by atoms with Crippen molar-refractivity contribution < 1.29 is 42.2 Å². The lowest BCUT2D eigenvalue weighted by atomic mass is 9.79. The molecule has 1 aliphatic carbocycles. The summed E-state index contributed by atoms with van der Waals surface area (Å²) in [5.41, 5.74) is 1.56. The van der Waals surface area contributed by atoms with Gasteiger partial charge in [0.2, 0.25) is 0 Å². The van der Waals surface area contributed by atoms with Crippen LogP contribution in [0.2, 0.25) is 0 Å². The van der Waals surface area contributed by atoms with E-state index >= 15 is 0 Å². The van der Waals surface area contributed by atoms with Gasteiger partial charge in [0.15, 0.2) is 11.6 Å². The van der Waals surface area contributed by atoms with Gasteiger partial charge >= 0.3 is 24.0 Å². The summed E-state index contributed by atoms with van der Waals surface area (Å²) in [5, 5.41) is 5.46. The third-order valence-corrected chi connectivity index (χ3v) is 9.16. The van der Waals surface area contributed by atoms with Crippen LogP contribution in [-0.2, 0) is 19.0 Å². The molecule has 3 aliphatic rings. The van der Waals surface area contributed by atoms with Crippen molar-refractivity contribution in [1.29, 1.82) is 0 Å². The molecule has 0 aromatic heterocycles. The van der Waals surface area contributed by atoms with Gasteiger partial charge in [-0.05, 0) is 74.3 Å². The van der Waals surface area contributed by atoms with E-state index < -0.39 is 35.7 Å². The van der Waals surface area contributed by atoms with E-state index in [4.69, 9.17) is 14.2 Å². The Morgan fingerprint density at radius 2 is 1.71 bits per heavy atom. The zero-order chi connectivity index (χ0) is 33.7. The van der Waals surface area contributed by atoms with Crippen molar-refractivity contribution in [2.75, 3.05) is 40.5 Å². The second-order valence-corrected chi connectivity index (χ2v) is 11.9. The largest absolute Gasteiger partial charge is 0.466 e. The highest BCUT2D eigenvalue weighted by Crippen LogP contribution is 2.38. The topological polar surface area (TPSA) is 127 Å². The number of esters is 2. The number of amides is 4. The van der Waals surface area contributed by atoms with Gasteiger partial charge in [0.1, 0.15) is 6.04 Å². The third kappa shape index (κ3) is 7.79. The van der Waals surface area contributed by atoms with Gasteiger partial charge in [0, 0.05) is 32.3 Å². The highest BCUT2D eigenvalue weighted by Gasteiger charge is 2.44. The van der Waals surface area contributed by atoms with Crippen LogP contribution in [0.3, 0.4) is 0 Å². The monoisotopic (exact) mass is 690 g/mol. The first-order valence-corrected chi connectivity index (χ1v) is 15.8. The van der Waals surface area contributed by atoms with Crippen molar-refractivity contribution in [2.24, 2.45) is 0 Å². The lowest BCUT2D eigenvalue weighted by Gasteiger charge is -2.37. The first-order valence-electron chi connectivity index (χ1n) is 15.8. The van der Waals surface area contributed by atoms with Crippen LogP contribution in [0.25, 0.3) is 0 Å². The maximum absolute atomic E-state index is 14.4. The number of methoxy groups -OCH3 is 2. The molecule has 2 atom stereocenters. The molecule has 14 heteroatoms. The Bertz CT molecular complexity index is 1550. The number of carbonyl (C=O) groups is 4. The second-order valence-electron chi connectivity index (χ2n) is 11.9. The van der Waals surface area contributed by atoms with E-state index in [1.165, 1.54) is 13.2 Å². The Morgan fingerprint density at radius 3 is 2.38 bits per heavy atom. The van der Waals surface area contributed by atoms with E-state index in [1.54, 1.807) is 6.92 Å². The molecule has 2 fully saturated rings. The molecule has 2 aliphatic heterocycles. The maximum Gasteiger partial charge on any atom is 0.338 e. The summed E-state index contributed by atoms with van der Waals surface area (Å²) < 4.78 is 43.6. The minimum atomic E-state index is -1.40. The quantitative estimate of drug-likeness (QED) is 0.344. The fourth-order valence-electron chi connectivity index (χ4n) is 6.96. The average Bonchev–Trinajstić information content (AvgIpc) is 3.54. The molecule has 0 bridgehead atoms. The van der Waals surface area contributed by atoms with Crippen molar-refractivity contribution >= 4 is 36.4 Å². The molecular formula is C34H41ClF2N4O7. The summed E-state index contributed by atoms with van der Waals surface area (Å²) in [6.07, 6.45) is 4.29. The molecule has 2 aromatic carbocycles. The van der Waals surface area contributed by atoms with Crippen molar-refractivity contribution in [3.8, 4) is 0 Å². The number of urea groups is 2. The van der Waals surface area contributed by atoms with Gasteiger partial charge in [-0.25, -0.2) is 32.9 Å². The minimum Gasteiger partial charge on any atom is -0.466 e. The van der Waals surface area contributed by atoms with Crippen LogP contribution in [0.5, 0.6) is 0 Å². The fourth-order valence-corrected chi connectivity index (χ4v) is 6.96. The van der Waals surface area contributed by atoms with E-state index in [-0.39, 0.29) is 53.8 Å². The zero-order valence-electron chi connectivity index (χ0n) is 27.1. The van der Waals surface area contributed by atoms with Crippen molar-refractivity contribution in [3.05, 3.63) is 82.1 Å². The van der Waals surface area contributed by atoms with Gasteiger partial charge in [-0.2, -0.15) is 0 Å². The van der Waals surface area contributed by atoms with Gasteiger partial charge in [-0.3, -0.25) is 4.90 Å². The molecule has 0 unspecified atom stereocenters. The lowest BCUT2D eigenvalue weighted by molar-refractivity contribution is -0.137. The predicted octanol–water partition coefficient (Wildman–Crippen LogP) is 5.21. The number of ether oxygens (including phenoxy) is 3. The predicted molar refractivity (Wildman–Crippen MR) is 174 cm³/mol. The number of hydrogen-bond donors (Lipinski definition) is 2. The molecular weight excluding hydrogens is 650 g/mol. The van der Waals surface area contributed by atoms with Crippen LogP contribution in [-0.4, -0.2) is 86.4 Å². The Kier molecular flexibility index (Phi) is 12.5. The van der Waals surface area contributed by atoms with E-state index in [2.05, 4.69) is 15.5 Å². The average molecular weight is 691 g/mol. The Hall–Kier alpha value is -4.07. The summed E-state index contributed by atoms with van der Waals surface area (Å²) in [6, 6.07) is 7.50. The molecule has 5 rings (SSSR count). The van der Waals surface area contributed by atoms with E-state index in [1.807, 2.05) is 24.3 Å². The van der Waals surface area contributed by atoms with Crippen LogP contribution in [0.1, 0.15) is 72.5 Å². The van der Waals surface area contributed by atoms with Crippen LogP contribution in [0.15, 0.2) is 53.7 Å². The van der Waals surface area contributed by atoms with Crippen LogP contribution >= 0.6 is 12.4 Å². The maximum atomic E-state index is 14.4. The van der Waals surface area contributed by atoms with Gasteiger partial charge in [-0.1, -0.05) is 24.3 Å². The number of hydrogen-bond acceptors (Lipinski definition) is 8. The molecule has 48 heavy (non-hydrogen) atoms. The summed E-state index contributed by atoms with van der Waals surface area (Å²) in [7, 11) is 2.50. The molecule has 260 valence electrons. The summed E-state index contributed by atoms with van der Waals surface area (Å²) >= 11 is 0. The molecule has 2 heterocycles. The molecule has 0 radical (unpaired) electrons. The van der Waals surface area contributed by atoms with Gasteiger partial charge in [0.05, 0.1) is 37.2 Å². The number of nitrogens with zero attached hydrogens (tertiary/aromatic N) is 2. The number of likely N-dealkylation sites (tertiary alicyclic amines) is 1. The molecule has 2 aromatic rings. The molecule has 0 spiro atoms. The summed E-state index contributed by atoms with van der Waals surface area (Å²) in [6.45, 7) is 3.21. The lowest BCUT2D eigenvalue weighted by Crippen LogP contribution is -2.56. The molecule has 4 amide bonds. The zero-order valence-corrected chi connectivity index (χ0v) is 27.9. The number of rotatable bonds is 9. The smallest absolute Gasteiger partial charge is 0.338 e. The normalized spacial score (nSPS) is 22.9. The van der Waals surface area contributed by atoms with E-state index in [0.29, 0.717) is 31.2 Å². The minimum absolute atomic E-state index is 0. The molecule has 1 saturated carbocycles. The van der Waals surface area contributed by atoms with Crippen molar-refractivity contribution in [3.63, 3.8) is 0 Å². The Balaban J connectivity index is 0.00000520. The van der Waals surface area contributed by atoms with Gasteiger partial charge in [0.25, 0.3) is 0 Å². The number of carbonyl (C=O) groups excluding carboxylic acids is 4. The SMILES string of the molecule is CCOC(=O)c1ccccc1[C@H]1CC[C@@H](N2CC[C@@H](NC(=O)N3C(=O)NC(COC)=C(C(=O)OC)[C@@H]3c3ccc(F)c(F)c3)C2)CC1.Cl. The van der Waals surface area contributed by atoms with Crippen molar-refractivity contribution in [1.82, 2.24) is 20.4 Å². The number of imide groups is 1. The van der Waals surface area contributed by atoms with Crippen LogP contribution < -0.4 is 10.6 Å². The van der Waals surface area contributed by atoms with Crippen LogP contribution in [0.4, 0.5) is 18.4 Å². The number of halogens is 3. The molecule has 1 saturated heterocycles. The number of nitrogens with one attached hydrogen (secondary N) is 2. The highest BCUT2D eigenvalue weighted by molar-refractivity contribution is 6.02. The fraction of sp³-hybridized carbons (Fsp3) is 0.471. The molecule has 11 nitrogen and oxygen atoms in total. The highest BCUT2D eigenvalue weighted by atomic mass is 35.5. The van der Waals surface area contributed by atoms with E-state index in [9.17, 15) is 28.0 Å². The Morgan fingerprint density at radius 1 is 0.979 bits per heavy atom. The van der Waals surface area contributed by atoms with Gasteiger partial charge in [-0.15, -0.1) is 12.4 Å². The van der Waals surface area contributed by atoms with Crippen LogP contribution in [0, 0.1) is 11.6 Å². The van der Waals surface area contributed by atoms with Gasteiger partial charge < -0.3 is 24.8 Å². The third-order valence-electron chi connectivity index (χ3n) is 9.16. The number of benzene rings is 2. The first kappa shape index (κ1) is 36.8. The van der Waals surface area contributed by atoms with E-state index in [0.717, 1.165) is 61.9 Å². The second kappa shape index (κ2) is 16.4. The summed E-state index contributed by atoms with van der Waals surface area (Å²) in [4.78, 5) is 55.7. The van der Waals surface area contributed by atoms with Crippen molar-refractivity contribution in [2.45, 2.75) is 63.1 Å². The first-order chi connectivity index (χ1) is 22.7. The summed E-state index contributed by atoms with van der Waals surface area (Å²) in [5.74, 6) is -3.24.